The maximum Gasteiger partial charge on any atom is 0.345 e. The van der Waals surface area contributed by atoms with Gasteiger partial charge >= 0.3 is 5.97 Å². The van der Waals surface area contributed by atoms with Crippen LogP contribution in [0.1, 0.15) is 33.6 Å². The van der Waals surface area contributed by atoms with Crippen LogP contribution in [0.3, 0.4) is 0 Å². The zero-order valence-electron chi connectivity index (χ0n) is 15.2. The number of nitrogens with one attached hydrogen (secondary N) is 2. The first kappa shape index (κ1) is 17.4. The van der Waals surface area contributed by atoms with Gasteiger partial charge in [-0.25, -0.2) is 4.79 Å². The number of aromatic nitrogens is 2. The number of carboxylic acid groups (broad SMARTS) is 1. The largest absolute Gasteiger partial charge is 0.506 e. The highest BCUT2D eigenvalue weighted by Gasteiger charge is 2.26. The van der Waals surface area contributed by atoms with Crippen molar-refractivity contribution in [1.82, 2.24) is 14.9 Å². The number of hydrogen-bond donors (Lipinski definition) is 4. The highest BCUT2D eigenvalue weighted by Crippen LogP contribution is 2.38. The molecule has 0 atom stereocenters. The van der Waals surface area contributed by atoms with E-state index in [1.807, 2.05) is 26.2 Å². The normalized spacial score (nSPS) is 13.4. The zero-order chi connectivity index (χ0) is 19.3. The first-order valence-electron chi connectivity index (χ1n) is 8.86. The second-order valence-electron chi connectivity index (χ2n) is 7.28. The lowest BCUT2D eigenvalue weighted by Crippen LogP contribution is -2.20. The lowest BCUT2D eigenvalue weighted by Gasteiger charge is -2.12. The number of rotatable bonds is 3. The number of aromatic carboxylic acids is 1. The predicted octanol–water partition coefficient (Wildman–Crippen LogP) is 2.48. The lowest BCUT2D eigenvalue weighted by molar-refractivity contribution is 0.0691. The SMILES string of the molecule is CN(C)Cc1cc2c3c(ccc2[nH]1)-c1[nH]c(=O)c(C(=O)O)c(O)c1CCC3. The molecule has 1 aliphatic rings. The second kappa shape index (κ2) is 6.28. The van der Waals surface area contributed by atoms with Crippen LogP contribution >= 0.6 is 0 Å². The Labute approximate surface area is 155 Å². The Balaban J connectivity index is 1.96. The number of carbonyl (C=O) groups is 1. The van der Waals surface area contributed by atoms with Crippen molar-refractivity contribution in [1.29, 1.82) is 0 Å². The minimum absolute atomic E-state index is 0.420. The van der Waals surface area contributed by atoms with E-state index >= 15 is 0 Å². The van der Waals surface area contributed by atoms with Crippen LogP contribution in [0, 0.1) is 0 Å². The molecular weight excluding hydrogens is 346 g/mol. The van der Waals surface area contributed by atoms with Crippen LogP contribution < -0.4 is 5.56 Å². The van der Waals surface area contributed by atoms with E-state index in [1.54, 1.807) is 0 Å². The Morgan fingerprint density at radius 1 is 1.19 bits per heavy atom. The summed E-state index contributed by atoms with van der Waals surface area (Å²) in [6.07, 6.45) is 2.04. The number of aromatic amines is 2. The molecular formula is C20H21N3O4. The molecule has 1 aliphatic carbocycles. The van der Waals surface area contributed by atoms with Crippen LogP contribution in [0.25, 0.3) is 22.2 Å². The van der Waals surface area contributed by atoms with Gasteiger partial charge in [0.05, 0.1) is 5.69 Å². The van der Waals surface area contributed by atoms with Crippen LogP contribution in [0.4, 0.5) is 0 Å². The topological polar surface area (TPSA) is 109 Å². The maximum atomic E-state index is 12.3. The number of pyridine rings is 1. The van der Waals surface area contributed by atoms with Crippen molar-refractivity contribution < 1.29 is 15.0 Å². The first-order chi connectivity index (χ1) is 12.9. The van der Waals surface area contributed by atoms with E-state index in [1.165, 1.54) is 0 Å². The molecule has 2 heterocycles. The van der Waals surface area contributed by atoms with E-state index in [2.05, 4.69) is 20.9 Å². The van der Waals surface area contributed by atoms with Crippen molar-refractivity contribution in [2.24, 2.45) is 0 Å². The van der Waals surface area contributed by atoms with Gasteiger partial charge in [-0.1, -0.05) is 6.07 Å². The smallest absolute Gasteiger partial charge is 0.345 e. The van der Waals surface area contributed by atoms with Crippen molar-refractivity contribution in [3.8, 4) is 17.0 Å². The number of nitrogens with zero attached hydrogens (tertiary/aromatic N) is 1. The third-order valence-electron chi connectivity index (χ3n) is 5.08. The molecule has 0 spiro atoms. The molecule has 4 rings (SSSR count). The van der Waals surface area contributed by atoms with Crippen molar-refractivity contribution in [2.75, 3.05) is 14.1 Å². The minimum atomic E-state index is -1.42. The summed E-state index contributed by atoms with van der Waals surface area (Å²) in [6.45, 7) is 0.791. The van der Waals surface area contributed by atoms with Gasteiger partial charge in [-0.3, -0.25) is 4.79 Å². The molecule has 27 heavy (non-hydrogen) atoms. The number of aromatic hydroxyl groups is 1. The molecule has 2 aromatic heterocycles. The molecule has 0 unspecified atom stereocenters. The van der Waals surface area contributed by atoms with Crippen LogP contribution in [-0.4, -0.2) is 45.1 Å². The molecule has 1 aromatic carbocycles. The van der Waals surface area contributed by atoms with Gasteiger partial charge in [0, 0.05) is 34.3 Å². The lowest BCUT2D eigenvalue weighted by atomic mass is 9.97. The molecule has 4 N–H and O–H groups in total. The Morgan fingerprint density at radius 2 is 1.93 bits per heavy atom. The number of benzene rings is 1. The van der Waals surface area contributed by atoms with Crippen molar-refractivity contribution in [2.45, 2.75) is 25.8 Å². The average molecular weight is 367 g/mol. The quantitative estimate of drug-likeness (QED) is 0.569. The van der Waals surface area contributed by atoms with Crippen LogP contribution in [0.5, 0.6) is 5.75 Å². The molecule has 0 saturated carbocycles. The van der Waals surface area contributed by atoms with Gasteiger partial charge in [0.25, 0.3) is 5.56 Å². The van der Waals surface area contributed by atoms with Gasteiger partial charge in [0.1, 0.15) is 5.75 Å². The summed E-state index contributed by atoms with van der Waals surface area (Å²) in [5.74, 6) is -1.84. The highest BCUT2D eigenvalue weighted by atomic mass is 16.4. The number of fused-ring (bicyclic) bond motifs is 5. The maximum absolute atomic E-state index is 12.3. The van der Waals surface area contributed by atoms with Crippen molar-refractivity contribution in [3.63, 3.8) is 0 Å². The fourth-order valence-electron chi connectivity index (χ4n) is 3.99. The van der Waals surface area contributed by atoms with E-state index < -0.39 is 22.8 Å². The molecule has 7 nitrogen and oxygen atoms in total. The molecule has 3 aromatic rings. The summed E-state index contributed by atoms with van der Waals surface area (Å²) in [7, 11) is 4.02. The van der Waals surface area contributed by atoms with Gasteiger partial charge in [0.2, 0.25) is 0 Å². The number of aryl methyl sites for hydroxylation is 1. The standard InChI is InChI=1S/C20H21N3O4/c1-23(2)9-10-8-14-11-4-3-5-13-17(12(11)6-7-15(14)21-10)22-19(25)16(18(13)24)20(26)27/h6-8,21H,3-5,9H2,1-2H3,(H,26,27)(H2,22,24,25). The molecule has 140 valence electrons. The molecule has 0 saturated heterocycles. The van der Waals surface area contributed by atoms with Gasteiger partial charge in [0.15, 0.2) is 5.56 Å². The molecule has 0 amide bonds. The second-order valence-corrected chi connectivity index (χ2v) is 7.28. The van der Waals surface area contributed by atoms with Crippen LogP contribution in [0.2, 0.25) is 0 Å². The van der Waals surface area contributed by atoms with E-state index in [0.717, 1.165) is 47.1 Å². The predicted molar refractivity (Wildman–Crippen MR) is 102 cm³/mol. The van der Waals surface area contributed by atoms with Crippen molar-refractivity contribution in [3.05, 3.63) is 50.9 Å². The summed E-state index contributed by atoms with van der Waals surface area (Å²) in [5, 5.41) is 20.8. The number of hydrogen-bond acceptors (Lipinski definition) is 4. The number of H-pyrrole nitrogens is 2. The Bertz CT molecular complexity index is 1120. The summed E-state index contributed by atoms with van der Waals surface area (Å²) in [4.78, 5) is 31.8. The summed E-state index contributed by atoms with van der Waals surface area (Å²) < 4.78 is 0. The van der Waals surface area contributed by atoms with E-state index in [4.69, 9.17) is 0 Å². The highest BCUT2D eigenvalue weighted by molar-refractivity contribution is 5.94. The van der Waals surface area contributed by atoms with E-state index in [0.29, 0.717) is 17.7 Å². The van der Waals surface area contributed by atoms with Gasteiger partial charge < -0.3 is 25.1 Å². The minimum Gasteiger partial charge on any atom is -0.506 e. The van der Waals surface area contributed by atoms with Gasteiger partial charge in [-0.15, -0.1) is 0 Å². The Hall–Kier alpha value is -3.06. The fraction of sp³-hybridized carbons (Fsp3) is 0.300. The summed E-state index contributed by atoms with van der Waals surface area (Å²) in [6, 6.07) is 6.01. The first-order valence-corrected chi connectivity index (χ1v) is 8.86. The number of carboxylic acids is 1. The average Bonchev–Trinajstić information content (AvgIpc) is 2.88. The van der Waals surface area contributed by atoms with Crippen LogP contribution in [-0.2, 0) is 19.4 Å². The van der Waals surface area contributed by atoms with Crippen LogP contribution in [0.15, 0.2) is 23.0 Å². The van der Waals surface area contributed by atoms with E-state index in [-0.39, 0.29) is 0 Å². The summed E-state index contributed by atoms with van der Waals surface area (Å²) >= 11 is 0. The van der Waals surface area contributed by atoms with Crippen molar-refractivity contribution >= 4 is 16.9 Å². The van der Waals surface area contributed by atoms with E-state index in [9.17, 15) is 19.8 Å². The Kier molecular flexibility index (Phi) is 4.04. The molecule has 0 radical (unpaired) electrons. The zero-order valence-corrected chi connectivity index (χ0v) is 15.2. The summed E-state index contributed by atoms with van der Waals surface area (Å²) in [5.41, 5.74) is 3.72. The molecule has 0 aliphatic heterocycles. The van der Waals surface area contributed by atoms with Gasteiger partial charge in [-0.2, -0.15) is 0 Å². The third-order valence-corrected chi connectivity index (χ3v) is 5.08. The molecule has 0 fully saturated rings. The third kappa shape index (κ3) is 2.80. The molecule has 7 heteroatoms. The fourth-order valence-corrected chi connectivity index (χ4v) is 3.99. The van der Waals surface area contributed by atoms with Gasteiger partial charge in [-0.05, 0) is 51.1 Å². The Morgan fingerprint density at radius 3 is 2.63 bits per heavy atom. The monoisotopic (exact) mass is 367 g/mol. The molecule has 0 bridgehead atoms.